The molecule has 440 valence electrons. The summed E-state index contributed by atoms with van der Waals surface area (Å²) in [5.74, 6) is -0.647. The maximum Gasteiger partial charge on any atom is 0.306 e. The molecule has 5 heteroatoms. The van der Waals surface area contributed by atoms with Gasteiger partial charge in [0.15, 0.2) is 6.10 Å². The fraction of sp³-hybridized carbons (Fsp3) is 0.616. The van der Waals surface area contributed by atoms with Crippen LogP contribution < -0.4 is 0 Å². The predicted molar refractivity (Wildman–Crippen MR) is 343 cm³/mol. The van der Waals surface area contributed by atoms with Gasteiger partial charge in [-0.25, -0.2) is 0 Å². The van der Waals surface area contributed by atoms with Crippen molar-refractivity contribution in [2.45, 2.75) is 277 Å². The summed E-state index contributed by atoms with van der Waals surface area (Å²) in [6.07, 6.45) is 102. The van der Waals surface area contributed by atoms with Crippen molar-refractivity contribution >= 4 is 11.9 Å². The first-order valence-electron chi connectivity index (χ1n) is 32.0. The molecule has 0 radical (unpaired) electrons. The first kappa shape index (κ1) is 73.5. The molecule has 78 heavy (non-hydrogen) atoms. The average molecular weight is 1080 g/mol. The van der Waals surface area contributed by atoms with Gasteiger partial charge >= 0.3 is 11.9 Å². The first-order chi connectivity index (χ1) is 38.6. The molecule has 0 saturated carbocycles. The maximum atomic E-state index is 12.3. The third-order valence-electron chi connectivity index (χ3n) is 13.3. The maximum absolute atomic E-state index is 12.3. The summed E-state index contributed by atoms with van der Waals surface area (Å²) in [6.45, 7) is 3.98. The fourth-order valence-corrected chi connectivity index (χ4v) is 8.53. The van der Waals surface area contributed by atoms with Gasteiger partial charge in [-0.15, -0.1) is 0 Å². The number of rotatable bonds is 57. The van der Waals surface area contributed by atoms with Crippen LogP contribution in [-0.2, 0) is 19.1 Å². The molecule has 0 aromatic rings. The molecule has 1 atom stereocenters. The third kappa shape index (κ3) is 64.0. The van der Waals surface area contributed by atoms with E-state index in [4.69, 9.17) is 9.47 Å². The van der Waals surface area contributed by atoms with E-state index in [1.807, 2.05) is 0 Å². The molecule has 0 bridgehead atoms. The highest BCUT2D eigenvalue weighted by Gasteiger charge is 2.16. The highest BCUT2D eigenvalue weighted by molar-refractivity contribution is 5.70. The molecule has 0 heterocycles. The van der Waals surface area contributed by atoms with E-state index in [0.29, 0.717) is 19.3 Å². The predicted octanol–water partition coefficient (Wildman–Crippen LogP) is 22.3. The lowest BCUT2D eigenvalue weighted by molar-refractivity contribution is -0.161. The van der Waals surface area contributed by atoms with Crippen LogP contribution >= 0.6 is 0 Å². The van der Waals surface area contributed by atoms with Crippen molar-refractivity contribution in [2.75, 3.05) is 13.2 Å². The Morgan fingerprint density at radius 2 is 0.551 bits per heavy atom. The van der Waals surface area contributed by atoms with Crippen molar-refractivity contribution in [3.8, 4) is 0 Å². The zero-order valence-electron chi connectivity index (χ0n) is 50.4. The molecule has 5 nitrogen and oxygen atoms in total. The van der Waals surface area contributed by atoms with E-state index >= 15 is 0 Å². The molecule has 0 amide bonds. The largest absolute Gasteiger partial charge is 0.462 e. The van der Waals surface area contributed by atoms with Crippen LogP contribution in [0.2, 0.25) is 0 Å². The van der Waals surface area contributed by atoms with Crippen LogP contribution in [0, 0.1) is 0 Å². The molecular formula is C73H118O5. The Bertz CT molecular complexity index is 1690. The normalized spacial score (nSPS) is 13.3. The van der Waals surface area contributed by atoms with Crippen molar-refractivity contribution < 1.29 is 24.2 Å². The highest BCUT2D eigenvalue weighted by Crippen LogP contribution is 2.15. The Hall–Kier alpha value is -4.48. The van der Waals surface area contributed by atoms with Crippen LogP contribution in [0.4, 0.5) is 0 Å². The van der Waals surface area contributed by atoms with Crippen molar-refractivity contribution in [1.29, 1.82) is 0 Å². The van der Waals surface area contributed by atoms with E-state index in [1.54, 1.807) is 0 Å². The summed E-state index contributed by atoms with van der Waals surface area (Å²) in [4.78, 5) is 24.6. The number of allylic oxidation sites excluding steroid dienone is 26. The summed E-state index contributed by atoms with van der Waals surface area (Å²) in [5, 5.41) is 9.68. The van der Waals surface area contributed by atoms with Gasteiger partial charge in [0.25, 0.3) is 0 Å². The molecule has 0 saturated heterocycles. The molecule has 0 fully saturated rings. The minimum Gasteiger partial charge on any atom is -0.462 e. The highest BCUT2D eigenvalue weighted by atomic mass is 16.6. The van der Waals surface area contributed by atoms with E-state index in [-0.39, 0.29) is 25.2 Å². The Kier molecular flexibility index (Phi) is 63.0. The monoisotopic (exact) mass is 1070 g/mol. The van der Waals surface area contributed by atoms with Crippen molar-refractivity contribution in [3.63, 3.8) is 0 Å². The second-order valence-corrected chi connectivity index (χ2v) is 20.8. The minimum atomic E-state index is -0.808. The molecule has 0 rings (SSSR count). The summed E-state index contributed by atoms with van der Waals surface area (Å²) >= 11 is 0. The number of esters is 2. The zero-order valence-corrected chi connectivity index (χ0v) is 50.4. The van der Waals surface area contributed by atoms with Gasteiger partial charge in [0.05, 0.1) is 6.61 Å². The first-order valence-corrected chi connectivity index (χ1v) is 32.0. The third-order valence-corrected chi connectivity index (χ3v) is 13.3. The number of carbonyl (C=O) groups is 2. The van der Waals surface area contributed by atoms with E-state index in [2.05, 4.69) is 172 Å². The van der Waals surface area contributed by atoms with Gasteiger partial charge in [-0.1, -0.05) is 287 Å². The van der Waals surface area contributed by atoms with Crippen LogP contribution in [0.25, 0.3) is 0 Å². The van der Waals surface area contributed by atoms with Gasteiger partial charge in [0.1, 0.15) is 6.61 Å². The van der Waals surface area contributed by atoms with Crippen LogP contribution in [0.15, 0.2) is 158 Å². The molecule has 0 spiro atoms. The number of aliphatic hydroxyl groups excluding tert-OH is 1. The van der Waals surface area contributed by atoms with E-state index in [1.165, 1.54) is 128 Å². The molecule has 0 aromatic carbocycles. The van der Waals surface area contributed by atoms with Gasteiger partial charge < -0.3 is 14.6 Å². The molecule has 0 aliphatic rings. The Morgan fingerprint density at radius 3 is 0.859 bits per heavy atom. The zero-order chi connectivity index (χ0) is 56.2. The SMILES string of the molecule is CC/C=C\C/C=C\C/C=C\C/C=C\C/C=C\C/C=C\C/C=C\C/C=C\C/C=C\C/C=C\CCCCC(=O)OC(CO)COC(=O)CCCCCCCCCCCCCCCCCC/C=C\C/C=C\C/C=C\CCCCCCC. The summed E-state index contributed by atoms with van der Waals surface area (Å²) in [6, 6.07) is 0. The van der Waals surface area contributed by atoms with E-state index < -0.39 is 6.10 Å². The Balaban J connectivity index is 3.62. The van der Waals surface area contributed by atoms with Gasteiger partial charge in [-0.3, -0.25) is 9.59 Å². The van der Waals surface area contributed by atoms with Crippen LogP contribution in [0.3, 0.4) is 0 Å². The summed E-state index contributed by atoms with van der Waals surface area (Å²) < 4.78 is 10.7. The lowest BCUT2D eigenvalue weighted by Gasteiger charge is -2.15. The Morgan fingerprint density at radius 1 is 0.308 bits per heavy atom. The van der Waals surface area contributed by atoms with Crippen LogP contribution in [0.5, 0.6) is 0 Å². The molecule has 1 unspecified atom stereocenters. The van der Waals surface area contributed by atoms with E-state index in [9.17, 15) is 14.7 Å². The van der Waals surface area contributed by atoms with Gasteiger partial charge in [-0.05, 0) is 128 Å². The number of hydrogen-bond donors (Lipinski definition) is 1. The number of carbonyl (C=O) groups excluding carboxylic acids is 2. The molecule has 1 N–H and O–H groups in total. The van der Waals surface area contributed by atoms with Gasteiger partial charge in [0.2, 0.25) is 0 Å². The molecule has 0 aromatic heterocycles. The van der Waals surface area contributed by atoms with Gasteiger partial charge in [0, 0.05) is 12.8 Å². The quantitative estimate of drug-likeness (QED) is 0.0373. The van der Waals surface area contributed by atoms with Crippen LogP contribution in [-0.4, -0.2) is 36.4 Å². The number of unbranched alkanes of at least 4 members (excludes halogenated alkanes) is 23. The average Bonchev–Trinajstić information content (AvgIpc) is 3.44. The van der Waals surface area contributed by atoms with Crippen molar-refractivity contribution in [2.24, 2.45) is 0 Å². The second kappa shape index (κ2) is 66.8. The lowest BCUT2D eigenvalue weighted by atomic mass is 10.0. The topological polar surface area (TPSA) is 72.8 Å². The number of aliphatic hydroxyl groups is 1. The lowest BCUT2D eigenvalue weighted by Crippen LogP contribution is -2.28. The molecular weight excluding hydrogens is 957 g/mol. The smallest absolute Gasteiger partial charge is 0.306 e. The summed E-state index contributed by atoms with van der Waals surface area (Å²) in [7, 11) is 0. The number of ether oxygens (including phenoxy) is 2. The summed E-state index contributed by atoms with van der Waals surface area (Å²) in [5.41, 5.74) is 0. The van der Waals surface area contributed by atoms with Crippen molar-refractivity contribution in [3.05, 3.63) is 158 Å². The van der Waals surface area contributed by atoms with Gasteiger partial charge in [-0.2, -0.15) is 0 Å². The van der Waals surface area contributed by atoms with Crippen molar-refractivity contribution in [1.82, 2.24) is 0 Å². The minimum absolute atomic E-state index is 0.0925. The second-order valence-electron chi connectivity index (χ2n) is 20.8. The van der Waals surface area contributed by atoms with Crippen LogP contribution in [0.1, 0.15) is 271 Å². The Labute approximate surface area is 481 Å². The number of hydrogen-bond acceptors (Lipinski definition) is 5. The molecule has 0 aliphatic carbocycles. The standard InChI is InChI=1S/C73H118O5/c1-3-5-7-9-11-13-15-17-19-21-23-25-27-29-31-33-35-36-38-40-42-44-46-48-50-52-54-56-58-60-62-64-66-68-73(76)78-71(69-74)70-77-72(75)67-65-63-61-59-57-55-53-51-49-47-45-43-41-39-37-34-32-30-28-26-24-22-20-18-16-14-12-10-8-6-4-2/h5,7,11,13,16-19,22-25,28-31,35-36,40,42,46,48,52,54,58,60,71,74H,3-4,6,8-10,12,14-15,20-21,26-27,32-34,37-39,41,43-45,47,49-51,53,55-57,59,61-70H2,1-2H3/b7-5-,13-11-,18-16-,19-17-,24-22-,25-23-,30-28-,31-29-,36-35-,42-40-,48-46-,54-52-,60-58-. The fourth-order valence-electron chi connectivity index (χ4n) is 8.53. The molecule has 0 aliphatic heterocycles. The van der Waals surface area contributed by atoms with E-state index in [0.717, 1.165) is 109 Å².